The molecule has 0 bridgehead atoms. The van der Waals surface area contributed by atoms with E-state index in [0.717, 1.165) is 25.3 Å². The number of hydrogen-bond acceptors (Lipinski definition) is 3. The van der Waals surface area contributed by atoms with Gasteiger partial charge in [0.15, 0.2) is 0 Å². The second-order valence-corrected chi connectivity index (χ2v) is 7.49. The minimum atomic E-state index is -0.0379. The molecule has 1 aliphatic heterocycles. The fourth-order valence-corrected chi connectivity index (χ4v) is 4.65. The van der Waals surface area contributed by atoms with E-state index in [2.05, 4.69) is 10.2 Å². The van der Waals surface area contributed by atoms with Crippen LogP contribution in [0.2, 0.25) is 0 Å². The third-order valence-electron chi connectivity index (χ3n) is 5.20. The molecule has 5 heteroatoms. The number of nitrogens with one attached hydrogen (secondary N) is 1. The summed E-state index contributed by atoms with van der Waals surface area (Å²) in [4.78, 5) is 26.5. The summed E-state index contributed by atoms with van der Waals surface area (Å²) in [6, 6.07) is 2.31. The maximum Gasteiger partial charge on any atom is 0.252 e. The summed E-state index contributed by atoms with van der Waals surface area (Å²) in [5.74, 6) is 0.982. The third kappa shape index (κ3) is 4.14. The zero-order valence-electron chi connectivity index (χ0n) is 13.6. The van der Waals surface area contributed by atoms with E-state index in [0.29, 0.717) is 24.6 Å². The summed E-state index contributed by atoms with van der Waals surface area (Å²) >= 11 is 1.52. The average molecular weight is 334 g/mol. The summed E-state index contributed by atoms with van der Waals surface area (Å²) < 4.78 is 0. The van der Waals surface area contributed by atoms with Gasteiger partial charge >= 0.3 is 0 Å². The van der Waals surface area contributed by atoms with Gasteiger partial charge in [-0.05, 0) is 49.5 Å². The molecule has 2 heterocycles. The van der Waals surface area contributed by atoms with Crippen LogP contribution in [-0.4, -0.2) is 35.8 Å². The average Bonchev–Trinajstić information content (AvgIpc) is 3.12. The van der Waals surface area contributed by atoms with Gasteiger partial charge in [0.05, 0.1) is 0 Å². The maximum atomic E-state index is 12.5. The number of thiophene rings is 1. The first-order valence-electron chi connectivity index (χ1n) is 8.85. The van der Waals surface area contributed by atoms with Crippen molar-refractivity contribution in [3.8, 4) is 0 Å². The SMILES string of the molecule is O=C(NCCCC(=O)N1CCCC2CCCCC21)c1ccsc1. The van der Waals surface area contributed by atoms with E-state index in [1.807, 2.05) is 16.8 Å². The molecule has 1 saturated carbocycles. The van der Waals surface area contributed by atoms with Crippen molar-refractivity contribution in [3.05, 3.63) is 22.4 Å². The lowest BCUT2D eigenvalue weighted by Gasteiger charge is -2.44. The van der Waals surface area contributed by atoms with Crippen LogP contribution in [-0.2, 0) is 4.79 Å². The lowest BCUT2D eigenvalue weighted by molar-refractivity contribution is -0.137. The molecule has 23 heavy (non-hydrogen) atoms. The Morgan fingerprint density at radius 1 is 1.22 bits per heavy atom. The molecule has 0 radical (unpaired) electrons. The summed E-state index contributed by atoms with van der Waals surface area (Å²) in [7, 11) is 0. The Labute approximate surface area is 142 Å². The van der Waals surface area contributed by atoms with Gasteiger partial charge in [-0.3, -0.25) is 9.59 Å². The minimum absolute atomic E-state index is 0.0379. The van der Waals surface area contributed by atoms with Crippen LogP contribution in [0.3, 0.4) is 0 Å². The van der Waals surface area contributed by atoms with Gasteiger partial charge < -0.3 is 10.2 Å². The first-order chi connectivity index (χ1) is 11.3. The number of hydrogen-bond donors (Lipinski definition) is 1. The van der Waals surface area contributed by atoms with Crippen molar-refractivity contribution in [2.45, 2.75) is 57.4 Å². The number of amides is 2. The van der Waals surface area contributed by atoms with Crippen molar-refractivity contribution in [3.63, 3.8) is 0 Å². The highest BCUT2D eigenvalue weighted by atomic mass is 32.1. The highest BCUT2D eigenvalue weighted by molar-refractivity contribution is 7.08. The molecule has 126 valence electrons. The third-order valence-corrected chi connectivity index (χ3v) is 5.88. The summed E-state index contributed by atoms with van der Waals surface area (Å²) in [5.41, 5.74) is 0.711. The van der Waals surface area contributed by atoms with E-state index in [1.54, 1.807) is 0 Å². The van der Waals surface area contributed by atoms with Gasteiger partial charge in [0.25, 0.3) is 5.91 Å². The lowest BCUT2D eigenvalue weighted by Crippen LogP contribution is -2.49. The van der Waals surface area contributed by atoms with E-state index in [-0.39, 0.29) is 11.8 Å². The molecule has 2 aliphatic rings. The molecule has 1 saturated heterocycles. The second kappa shape index (κ2) is 7.95. The van der Waals surface area contributed by atoms with Gasteiger partial charge in [-0.15, -0.1) is 0 Å². The Bertz CT molecular complexity index is 527. The smallest absolute Gasteiger partial charge is 0.252 e. The zero-order chi connectivity index (χ0) is 16.1. The van der Waals surface area contributed by atoms with Gasteiger partial charge in [-0.1, -0.05) is 12.8 Å². The highest BCUT2D eigenvalue weighted by Gasteiger charge is 2.35. The largest absolute Gasteiger partial charge is 0.352 e. The van der Waals surface area contributed by atoms with Gasteiger partial charge in [0.1, 0.15) is 0 Å². The van der Waals surface area contributed by atoms with Crippen molar-refractivity contribution in [2.75, 3.05) is 13.1 Å². The van der Waals surface area contributed by atoms with Crippen LogP contribution in [0.5, 0.6) is 0 Å². The fraction of sp³-hybridized carbons (Fsp3) is 0.667. The molecule has 2 amide bonds. The van der Waals surface area contributed by atoms with E-state index in [9.17, 15) is 9.59 Å². The number of rotatable bonds is 5. The molecular weight excluding hydrogens is 308 g/mol. The molecule has 4 nitrogen and oxygen atoms in total. The Kier molecular flexibility index (Phi) is 5.70. The van der Waals surface area contributed by atoms with Crippen LogP contribution in [0.25, 0.3) is 0 Å². The van der Waals surface area contributed by atoms with Gasteiger partial charge in [-0.2, -0.15) is 11.3 Å². The van der Waals surface area contributed by atoms with Crippen LogP contribution in [0.15, 0.2) is 16.8 Å². The topological polar surface area (TPSA) is 49.4 Å². The number of fused-ring (bicyclic) bond motifs is 1. The van der Waals surface area contributed by atoms with Crippen LogP contribution >= 0.6 is 11.3 Å². The summed E-state index contributed by atoms with van der Waals surface area (Å²) in [5, 5.41) is 6.64. The molecule has 1 aliphatic carbocycles. The molecule has 2 unspecified atom stereocenters. The number of carbonyl (C=O) groups excluding carboxylic acids is 2. The highest BCUT2D eigenvalue weighted by Crippen LogP contribution is 2.35. The van der Waals surface area contributed by atoms with Gasteiger partial charge in [0, 0.05) is 36.5 Å². The Balaban J connectivity index is 1.41. The second-order valence-electron chi connectivity index (χ2n) is 6.71. The number of nitrogens with zero attached hydrogens (tertiary/aromatic N) is 1. The summed E-state index contributed by atoms with van der Waals surface area (Å²) in [6.07, 6.45) is 8.80. The molecule has 1 aromatic heterocycles. The zero-order valence-corrected chi connectivity index (χ0v) is 14.4. The minimum Gasteiger partial charge on any atom is -0.352 e. The monoisotopic (exact) mass is 334 g/mol. The first-order valence-corrected chi connectivity index (χ1v) is 9.80. The Morgan fingerprint density at radius 2 is 2.04 bits per heavy atom. The van der Waals surface area contributed by atoms with Gasteiger partial charge in [-0.25, -0.2) is 0 Å². The van der Waals surface area contributed by atoms with E-state index >= 15 is 0 Å². The summed E-state index contributed by atoms with van der Waals surface area (Å²) in [6.45, 7) is 1.50. The molecule has 2 atom stereocenters. The van der Waals surface area contributed by atoms with E-state index < -0.39 is 0 Å². The predicted octanol–water partition coefficient (Wildman–Crippen LogP) is 3.44. The van der Waals surface area contributed by atoms with Crippen molar-refractivity contribution >= 4 is 23.2 Å². The van der Waals surface area contributed by atoms with Crippen LogP contribution in [0.1, 0.15) is 61.7 Å². The normalized spacial score (nSPS) is 24.1. The van der Waals surface area contributed by atoms with Gasteiger partial charge in [0.2, 0.25) is 5.91 Å². The standard InChI is InChI=1S/C18H26N2O2S/c21-17(8-3-10-19-18(22)15-9-12-23-13-15)20-11-4-6-14-5-1-2-7-16(14)20/h9,12-14,16H,1-8,10-11H2,(H,19,22). The molecule has 1 aromatic rings. The Morgan fingerprint density at radius 3 is 2.87 bits per heavy atom. The van der Waals surface area contributed by atoms with Crippen LogP contribution in [0.4, 0.5) is 0 Å². The van der Waals surface area contributed by atoms with Crippen LogP contribution in [0, 0.1) is 5.92 Å². The number of piperidine rings is 1. The van der Waals surface area contributed by atoms with E-state index in [4.69, 9.17) is 0 Å². The lowest BCUT2D eigenvalue weighted by atomic mass is 9.78. The number of likely N-dealkylation sites (tertiary alicyclic amines) is 1. The van der Waals surface area contributed by atoms with Crippen LogP contribution < -0.4 is 5.32 Å². The Hall–Kier alpha value is -1.36. The van der Waals surface area contributed by atoms with Crippen molar-refractivity contribution in [2.24, 2.45) is 5.92 Å². The van der Waals surface area contributed by atoms with Crippen molar-refractivity contribution in [1.82, 2.24) is 10.2 Å². The fourth-order valence-electron chi connectivity index (χ4n) is 4.02. The predicted molar refractivity (Wildman–Crippen MR) is 92.6 cm³/mol. The molecule has 1 N–H and O–H groups in total. The van der Waals surface area contributed by atoms with Crippen molar-refractivity contribution in [1.29, 1.82) is 0 Å². The molecule has 3 rings (SSSR count). The quantitative estimate of drug-likeness (QED) is 0.839. The maximum absolute atomic E-state index is 12.5. The first kappa shape index (κ1) is 16.5. The molecule has 0 aromatic carbocycles. The number of carbonyl (C=O) groups is 2. The molecular formula is C18H26N2O2S. The molecule has 2 fully saturated rings. The van der Waals surface area contributed by atoms with Crippen molar-refractivity contribution < 1.29 is 9.59 Å². The van der Waals surface area contributed by atoms with E-state index in [1.165, 1.54) is 43.4 Å². The molecule has 0 spiro atoms.